The number of rotatable bonds is 9. The van der Waals surface area contributed by atoms with Crippen LogP contribution in [0.25, 0.3) is 0 Å². The number of aryl methyl sites for hydroxylation is 1. The Kier molecular flexibility index (Phi) is 9.47. The van der Waals surface area contributed by atoms with Crippen molar-refractivity contribution >= 4 is 62.3 Å². The van der Waals surface area contributed by atoms with Crippen LogP contribution in [0.1, 0.15) is 18.1 Å². The molecule has 0 aliphatic rings. The number of amides is 2. The maximum atomic E-state index is 13.8. The second-order valence-corrected chi connectivity index (χ2v) is 11.4. The lowest BCUT2D eigenvalue weighted by atomic mass is 10.1. The predicted octanol–water partition coefficient (Wildman–Crippen LogP) is 5.31. The van der Waals surface area contributed by atoms with Crippen LogP contribution in [0.15, 0.2) is 71.6 Å². The Bertz CT molecular complexity index is 1400. The lowest BCUT2D eigenvalue weighted by Crippen LogP contribution is -2.50. The highest BCUT2D eigenvalue weighted by Gasteiger charge is 2.33. The van der Waals surface area contributed by atoms with Crippen molar-refractivity contribution in [1.29, 1.82) is 0 Å². The number of carbonyl (C=O) groups excluding carboxylic acids is 2. The number of likely N-dealkylation sites (N-methyl/N-ethyl adjacent to an activating group) is 1. The van der Waals surface area contributed by atoms with E-state index in [1.54, 1.807) is 62.4 Å². The highest BCUT2D eigenvalue weighted by atomic mass is 35.5. The van der Waals surface area contributed by atoms with Crippen LogP contribution in [0, 0.1) is 6.92 Å². The molecule has 2 amide bonds. The van der Waals surface area contributed by atoms with Crippen molar-refractivity contribution in [3.63, 3.8) is 0 Å². The third kappa shape index (κ3) is 6.76. The zero-order chi connectivity index (χ0) is 27.3. The lowest BCUT2D eigenvalue weighted by molar-refractivity contribution is -0.139. The van der Waals surface area contributed by atoms with Gasteiger partial charge >= 0.3 is 0 Å². The van der Waals surface area contributed by atoms with E-state index in [1.807, 2.05) is 0 Å². The molecule has 0 aliphatic heterocycles. The molecule has 0 unspecified atom stereocenters. The van der Waals surface area contributed by atoms with Gasteiger partial charge in [-0.3, -0.25) is 13.9 Å². The van der Waals surface area contributed by atoms with Gasteiger partial charge in [0.15, 0.2) is 0 Å². The molecule has 0 spiro atoms. The highest BCUT2D eigenvalue weighted by molar-refractivity contribution is 7.92. The SMILES string of the molecule is CNC(=O)[C@H](C)N(Cc1ccc(Cl)cc1Cl)C(=O)CN(c1ccc(Cl)cc1C)S(=O)(=O)c1ccccc1. The van der Waals surface area contributed by atoms with Crippen LogP contribution in [-0.2, 0) is 26.2 Å². The van der Waals surface area contributed by atoms with E-state index in [4.69, 9.17) is 34.8 Å². The van der Waals surface area contributed by atoms with Crippen LogP contribution < -0.4 is 9.62 Å². The minimum Gasteiger partial charge on any atom is -0.357 e. The molecule has 11 heteroatoms. The van der Waals surface area contributed by atoms with E-state index in [-0.39, 0.29) is 11.4 Å². The van der Waals surface area contributed by atoms with Gasteiger partial charge in [-0.2, -0.15) is 0 Å². The van der Waals surface area contributed by atoms with E-state index >= 15 is 0 Å². The van der Waals surface area contributed by atoms with Gasteiger partial charge in [-0.15, -0.1) is 0 Å². The van der Waals surface area contributed by atoms with E-state index < -0.39 is 34.4 Å². The Balaban J connectivity index is 2.07. The van der Waals surface area contributed by atoms with Crippen molar-refractivity contribution in [2.45, 2.75) is 31.3 Å². The van der Waals surface area contributed by atoms with Gasteiger partial charge in [0.25, 0.3) is 10.0 Å². The second-order valence-electron chi connectivity index (χ2n) is 8.30. The fraction of sp³-hybridized carbons (Fsp3) is 0.231. The molecule has 3 aromatic carbocycles. The van der Waals surface area contributed by atoms with Crippen LogP contribution >= 0.6 is 34.8 Å². The zero-order valence-electron chi connectivity index (χ0n) is 20.4. The first-order valence-electron chi connectivity index (χ1n) is 11.2. The van der Waals surface area contributed by atoms with E-state index in [9.17, 15) is 18.0 Å². The van der Waals surface area contributed by atoms with E-state index in [2.05, 4.69) is 5.32 Å². The average Bonchev–Trinajstić information content (AvgIpc) is 2.86. The summed E-state index contributed by atoms with van der Waals surface area (Å²) in [6.07, 6.45) is 0. The molecule has 0 saturated heterocycles. The fourth-order valence-corrected chi connectivity index (χ4v) is 5.95. The molecule has 3 aromatic rings. The van der Waals surface area contributed by atoms with Gasteiger partial charge in [0.2, 0.25) is 11.8 Å². The molecular formula is C26H26Cl3N3O4S. The number of anilines is 1. The van der Waals surface area contributed by atoms with E-state index in [1.165, 1.54) is 30.1 Å². The molecule has 7 nitrogen and oxygen atoms in total. The molecule has 3 rings (SSSR count). The normalized spacial score (nSPS) is 12.1. The number of hydrogen-bond acceptors (Lipinski definition) is 4. The van der Waals surface area contributed by atoms with Crippen LogP contribution in [0.3, 0.4) is 0 Å². The number of benzene rings is 3. The Labute approximate surface area is 232 Å². The van der Waals surface area contributed by atoms with Crippen molar-refractivity contribution in [2.24, 2.45) is 0 Å². The average molecular weight is 583 g/mol. The first kappa shape index (κ1) is 28.8. The van der Waals surface area contributed by atoms with Gasteiger partial charge in [-0.25, -0.2) is 8.42 Å². The molecule has 0 bridgehead atoms. The molecule has 0 aromatic heterocycles. The van der Waals surface area contributed by atoms with Gasteiger partial charge in [0.1, 0.15) is 12.6 Å². The molecule has 0 fully saturated rings. The van der Waals surface area contributed by atoms with E-state index in [0.29, 0.717) is 31.9 Å². The molecule has 0 heterocycles. The van der Waals surface area contributed by atoms with Crippen molar-refractivity contribution < 1.29 is 18.0 Å². The summed E-state index contributed by atoms with van der Waals surface area (Å²) in [5, 5.41) is 3.70. The summed E-state index contributed by atoms with van der Waals surface area (Å²) in [4.78, 5) is 27.6. The van der Waals surface area contributed by atoms with Crippen molar-refractivity contribution in [2.75, 3.05) is 17.9 Å². The topological polar surface area (TPSA) is 86.8 Å². The highest BCUT2D eigenvalue weighted by Crippen LogP contribution is 2.30. The molecule has 0 radical (unpaired) electrons. The third-order valence-electron chi connectivity index (χ3n) is 5.81. The summed E-state index contributed by atoms with van der Waals surface area (Å²) in [6, 6.07) is 16.4. The minimum atomic E-state index is -4.16. The molecule has 37 heavy (non-hydrogen) atoms. The first-order chi connectivity index (χ1) is 17.4. The fourth-order valence-electron chi connectivity index (χ4n) is 3.76. The third-order valence-corrected chi connectivity index (χ3v) is 8.40. The Morgan fingerprint density at radius 1 is 0.946 bits per heavy atom. The maximum absolute atomic E-state index is 13.8. The standard InChI is InChI=1S/C26H26Cl3N3O4S/c1-17-13-20(27)11-12-24(17)32(37(35,36)22-7-5-4-6-8-22)16-25(33)31(18(2)26(34)30-3)15-19-9-10-21(28)14-23(19)29/h4-14,18H,15-16H2,1-3H3,(H,30,34)/t18-/m0/s1. The monoisotopic (exact) mass is 581 g/mol. The second kappa shape index (κ2) is 12.2. The van der Waals surface area contributed by atoms with Gasteiger partial charge in [0, 0.05) is 28.7 Å². The van der Waals surface area contributed by atoms with Crippen LogP contribution in [0.5, 0.6) is 0 Å². The molecular weight excluding hydrogens is 557 g/mol. The number of hydrogen-bond donors (Lipinski definition) is 1. The van der Waals surface area contributed by atoms with Crippen molar-refractivity contribution in [1.82, 2.24) is 10.2 Å². The zero-order valence-corrected chi connectivity index (χ0v) is 23.5. The van der Waals surface area contributed by atoms with Gasteiger partial charge in [0.05, 0.1) is 10.6 Å². The molecule has 196 valence electrons. The summed E-state index contributed by atoms with van der Waals surface area (Å²) in [5.41, 5.74) is 1.40. The van der Waals surface area contributed by atoms with Crippen LogP contribution in [-0.4, -0.2) is 44.8 Å². The molecule has 1 atom stereocenters. The van der Waals surface area contributed by atoms with Crippen LogP contribution in [0.2, 0.25) is 15.1 Å². The lowest BCUT2D eigenvalue weighted by Gasteiger charge is -2.32. The number of nitrogens with zero attached hydrogens (tertiary/aromatic N) is 2. The number of carbonyl (C=O) groups is 2. The number of sulfonamides is 1. The van der Waals surface area contributed by atoms with Crippen LogP contribution in [0.4, 0.5) is 5.69 Å². The molecule has 1 N–H and O–H groups in total. The summed E-state index contributed by atoms with van der Waals surface area (Å²) in [6.45, 7) is 2.66. The largest absolute Gasteiger partial charge is 0.357 e. The summed E-state index contributed by atoms with van der Waals surface area (Å²) < 4.78 is 28.5. The summed E-state index contributed by atoms with van der Waals surface area (Å²) in [5.74, 6) is -1.02. The molecule has 0 aliphatic carbocycles. The summed E-state index contributed by atoms with van der Waals surface area (Å²) in [7, 11) is -2.70. The Morgan fingerprint density at radius 3 is 2.16 bits per heavy atom. The van der Waals surface area contributed by atoms with Gasteiger partial charge in [-0.05, 0) is 67.4 Å². The minimum absolute atomic E-state index is 0.0174. The smallest absolute Gasteiger partial charge is 0.264 e. The first-order valence-corrected chi connectivity index (χ1v) is 13.8. The quantitative estimate of drug-likeness (QED) is 0.370. The Hall–Kier alpha value is -2.78. The van der Waals surface area contributed by atoms with Crippen molar-refractivity contribution in [3.8, 4) is 0 Å². The predicted molar refractivity (Wildman–Crippen MR) is 148 cm³/mol. The maximum Gasteiger partial charge on any atom is 0.264 e. The summed E-state index contributed by atoms with van der Waals surface area (Å²) >= 11 is 18.5. The molecule has 0 saturated carbocycles. The Morgan fingerprint density at radius 2 is 1.57 bits per heavy atom. The van der Waals surface area contributed by atoms with Gasteiger partial charge < -0.3 is 10.2 Å². The van der Waals surface area contributed by atoms with E-state index in [0.717, 1.165) is 4.31 Å². The number of nitrogens with one attached hydrogen (secondary N) is 1. The van der Waals surface area contributed by atoms with Gasteiger partial charge in [-0.1, -0.05) is 59.1 Å². The number of halogens is 3. The van der Waals surface area contributed by atoms with Crippen molar-refractivity contribution in [3.05, 3.63) is 92.9 Å².